The number of nitrogens with two attached hydrogens (primary N) is 2. The summed E-state index contributed by atoms with van der Waals surface area (Å²) >= 11 is 0. The summed E-state index contributed by atoms with van der Waals surface area (Å²) in [6.07, 6.45) is 0.640. The molecule has 0 aromatic heterocycles. The lowest BCUT2D eigenvalue weighted by atomic mass is 10.0. The minimum Gasteiger partial charge on any atom is -0.504 e. The van der Waals surface area contributed by atoms with E-state index in [0.29, 0.717) is 24.3 Å². The molecule has 0 fully saturated rings. The second kappa shape index (κ2) is 4.83. The van der Waals surface area contributed by atoms with Crippen LogP contribution in [-0.2, 0) is 0 Å². The van der Waals surface area contributed by atoms with Gasteiger partial charge in [-0.25, -0.2) is 0 Å². The molecule has 1 atom stereocenters. The van der Waals surface area contributed by atoms with Crippen LogP contribution in [0.5, 0.6) is 11.5 Å². The van der Waals surface area contributed by atoms with Crippen LogP contribution in [0.2, 0.25) is 0 Å². The number of benzene rings is 1. The molecule has 0 saturated carbocycles. The summed E-state index contributed by atoms with van der Waals surface area (Å²) in [5, 5.41) is 9.74. The molecule has 1 aromatic carbocycles. The Balaban J connectivity index is 2.96. The van der Waals surface area contributed by atoms with E-state index in [0.717, 1.165) is 0 Å². The smallest absolute Gasteiger partial charge is 0.162 e. The van der Waals surface area contributed by atoms with Crippen LogP contribution in [0, 0.1) is 0 Å². The van der Waals surface area contributed by atoms with E-state index in [-0.39, 0.29) is 11.8 Å². The fourth-order valence-corrected chi connectivity index (χ4v) is 1.34. The van der Waals surface area contributed by atoms with Crippen LogP contribution in [0.1, 0.15) is 18.0 Å². The fraction of sp³-hybridized carbons (Fsp3) is 0.400. The van der Waals surface area contributed by atoms with Crippen molar-refractivity contribution in [1.29, 1.82) is 0 Å². The van der Waals surface area contributed by atoms with Gasteiger partial charge in [0.2, 0.25) is 0 Å². The van der Waals surface area contributed by atoms with Gasteiger partial charge in [-0.3, -0.25) is 0 Å². The van der Waals surface area contributed by atoms with Gasteiger partial charge in [-0.1, -0.05) is 12.1 Å². The first kappa shape index (κ1) is 10.8. The minimum atomic E-state index is -0.241. The van der Waals surface area contributed by atoms with E-state index in [9.17, 15) is 5.11 Å². The molecule has 1 aromatic rings. The Morgan fingerprint density at radius 1 is 1.50 bits per heavy atom. The fourth-order valence-electron chi connectivity index (χ4n) is 1.34. The van der Waals surface area contributed by atoms with Gasteiger partial charge in [0.15, 0.2) is 11.5 Å². The van der Waals surface area contributed by atoms with E-state index >= 15 is 0 Å². The lowest BCUT2D eigenvalue weighted by Crippen LogP contribution is -2.15. The van der Waals surface area contributed by atoms with Crippen LogP contribution in [0.3, 0.4) is 0 Å². The van der Waals surface area contributed by atoms with Gasteiger partial charge in [0.25, 0.3) is 0 Å². The Morgan fingerprint density at radius 2 is 2.21 bits per heavy atom. The van der Waals surface area contributed by atoms with Gasteiger partial charge in [0.1, 0.15) is 0 Å². The first-order chi connectivity index (χ1) is 6.70. The molecule has 78 valence electrons. The molecular formula is C10H16N2O2. The van der Waals surface area contributed by atoms with E-state index < -0.39 is 0 Å². The van der Waals surface area contributed by atoms with Crippen molar-refractivity contribution in [3.8, 4) is 11.5 Å². The van der Waals surface area contributed by atoms with Gasteiger partial charge in [0.05, 0.1) is 7.11 Å². The number of aromatic hydroxyl groups is 1. The molecule has 0 saturated heterocycles. The van der Waals surface area contributed by atoms with Crippen molar-refractivity contribution in [3.63, 3.8) is 0 Å². The number of para-hydroxylation sites is 1. The normalized spacial score (nSPS) is 12.5. The van der Waals surface area contributed by atoms with E-state index in [2.05, 4.69) is 0 Å². The number of hydrogen-bond acceptors (Lipinski definition) is 4. The van der Waals surface area contributed by atoms with Crippen LogP contribution >= 0.6 is 0 Å². The van der Waals surface area contributed by atoms with E-state index in [1.807, 2.05) is 0 Å². The maximum absolute atomic E-state index is 9.74. The Morgan fingerprint density at radius 3 is 2.79 bits per heavy atom. The molecule has 0 amide bonds. The predicted octanol–water partition coefficient (Wildman–Crippen LogP) is 0.749. The monoisotopic (exact) mass is 196 g/mol. The summed E-state index contributed by atoms with van der Waals surface area (Å²) in [5.74, 6) is 0.547. The zero-order valence-electron chi connectivity index (χ0n) is 8.23. The molecular weight excluding hydrogens is 180 g/mol. The molecule has 0 spiro atoms. The van der Waals surface area contributed by atoms with Crippen LogP contribution in [0.15, 0.2) is 18.2 Å². The molecule has 5 N–H and O–H groups in total. The second-order valence-electron chi connectivity index (χ2n) is 3.08. The Hall–Kier alpha value is -1.26. The molecule has 0 aliphatic carbocycles. The number of ether oxygens (including phenoxy) is 1. The first-order valence-corrected chi connectivity index (χ1v) is 4.52. The highest BCUT2D eigenvalue weighted by molar-refractivity contribution is 5.46. The van der Waals surface area contributed by atoms with Gasteiger partial charge < -0.3 is 21.3 Å². The van der Waals surface area contributed by atoms with Crippen molar-refractivity contribution in [2.75, 3.05) is 13.7 Å². The molecule has 0 aliphatic rings. The van der Waals surface area contributed by atoms with Crippen molar-refractivity contribution in [3.05, 3.63) is 23.8 Å². The zero-order valence-corrected chi connectivity index (χ0v) is 8.23. The van der Waals surface area contributed by atoms with Crippen molar-refractivity contribution in [1.82, 2.24) is 0 Å². The minimum absolute atomic E-state index is 0.107. The molecule has 0 unspecified atom stereocenters. The summed E-state index contributed by atoms with van der Waals surface area (Å²) in [6.45, 7) is 0.498. The van der Waals surface area contributed by atoms with Gasteiger partial charge in [-0.05, 0) is 19.0 Å². The summed E-state index contributed by atoms with van der Waals surface area (Å²) in [5.41, 5.74) is 11.9. The molecule has 0 bridgehead atoms. The van der Waals surface area contributed by atoms with Gasteiger partial charge in [-0.15, -0.1) is 0 Å². The van der Waals surface area contributed by atoms with Crippen molar-refractivity contribution < 1.29 is 9.84 Å². The summed E-state index contributed by atoms with van der Waals surface area (Å²) in [6, 6.07) is 5.02. The van der Waals surface area contributed by atoms with Gasteiger partial charge >= 0.3 is 0 Å². The lowest BCUT2D eigenvalue weighted by Gasteiger charge is -2.14. The molecule has 0 aliphatic heterocycles. The molecule has 0 heterocycles. The zero-order chi connectivity index (χ0) is 10.6. The summed E-state index contributed by atoms with van der Waals surface area (Å²) < 4.78 is 4.98. The highest BCUT2D eigenvalue weighted by atomic mass is 16.5. The quantitative estimate of drug-likeness (QED) is 0.663. The van der Waals surface area contributed by atoms with E-state index in [1.54, 1.807) is 18.2 Å². The SMILES string of the molecule is COc1cccc([C@H](N)CCN)c1O. The van der Waals surface area contributed by atoms with Crippen LogP contribution in [0.4, 0.5) is 0 Å². The van der Waals surface area contributed by atoms with Crippen molar-refractivity contribution in [2.24, 2.45) is 11.5 Å². The standard InChI is InChI=1S/C10H16N2O2/c1-14-9-4-2-3-7(10(9)13)8(12)5-6-11/h2-4,8,13H,5-6,11-12H2,1H3/t8-/m1/s1. The van der Waals surface area contributed by atoms with E-state index in [1.165, 1.54) is 7.11 Å². The molecule has 14 heavy (non-hydrogen) atoms. The average molecular weight is 196 g/mol. The summed E-state index contributed by atoms with van der Waals surface area (Å²) in [7, 11) is 1.51. The van der Waals surface area contributed by atoms with Crippen LogP contribution in [-0.4, -0.2) is 18.8 Å². The van der Waals surface area contributed by atoms with Crippen LogP contribution in [0.25, 0.3) is 0 Å². The number of methoxy groups -OCH3 is 1. The van der Waals surface area contributed by atoms with E-state index in [4.69, 9.17) is 16.2 Å². The number of hydrogen-bond donors (Lipinski definition) is 3. The van der Waals surface area contributed by atoms with Gasteiger partial charge in [0, 0.05) is 11.6 Å². The lowest BCUT2D eigenvalue weighted by molar-refractivity contribution is 0.368. The largest absolute Gasteiger partial charge is 0.504 e. The van der Waals surface area contributed by atoms with Crippen molar-refractivity contribution in [2.45, 2.75) is 12.5 Å². The maximum atomic E-state index is 9.74. The Kier molecular flexibility index (Phi) is 3.73. The number of rotatable bonds is 4. The second-order valence-corrected chi connectivity index (χ2v) is 3.08. The van der Waals surface area contributed by atoms with Gasteiger partial charge in [-0.2, -0.15) is 0 Å². The first-order valence-electron chi connectivity index (χ1n) is 4.52. The maximum Gasteiger partial charge on any atom is 0.162 e. The third-order valence-corrected chi connectivity index (χ3v) is 2.13. The third kappa shape index (κ3) is 2.16. The third-order valence-electron chi connectivity index (χ3n) is 2.13. The highest BCUT2D eigenvalue weighted by Gasteiger charge is 2.13. The Bertz CT molecular complexity index is 302. The highest BCUT2D eigenvalue weighted by Crippen LogP contribution is 2.33. The van der Waals surface area contributed by atoms with Crippen molar-refractivity contribution >= 4 is 0 Å². The molecule has 0 radical (unpaired) electrons. The topological polar surface area (TPSA) is 81.5 Å². The summed E-state index contributed by atoms with van der Waals surface area (Å²) in [4.78, 5) is 0. The molecule has 4 nitrogen and oxygen atoms in total. The average Bonchev–Trinajstić information content (AvgIpc) is 2.18. The van der Waals surface area contributed by atoms with Crippen LogP contribution < -0.4 is 16.2 Å². The Labute approximate surface area is 83.5 Å². The number of phenols is 1. The predicted molar refractivity (Wildman–Crippen MR) is 55.3 cm³/mol. The molecule has 1 rings (SSSR count). The molecule has 4 heteroatoms. The number of phenolic OH excluding ortho intramolecular Hbond substituents is 1.